The second-order valence-electron chi connectivity index (χ2n) is 7.85. The summed E-state index contributed by atoms with van der Waals surface area (Å²) in [4.78, 5) is 58.5. The topological polar surface area (TPSA) is 106 Å². The molecule has 8 heteroatoms. The van der Waals surface area contributed by atoms with Crippen LogP contribution in [0.4, 0.5) is 0 Å². The first-order valence-electron chi connectivity index (χ1n) is 10.1. The molecule has 5 rings (SSSR count). The standard InChI is InChI=1S/C23H20N4O4/c28-20-17-12-26(13-18(17)24-23(31)25-20)22(30)19-10-15-8-4-5-9-16(15)11-27(19)21(29)14-6-2-1-3-7-14/h1-9,19H,10-13H2,(H2,24,25,28,31). The predicted molar refractivity (Wildman–Crippen MR) is 112 cm³/mol. The Kier molecular flexibility index (Phi) is 4.54. The fraction of sp³-hybridized carbons (Fsp3) is 0.217. The van der Waals surface area contributed by atoms with Crippen molar-refractivity contribution >= 4 is 11.8 Å². The van der Waals surface area contributed by atoms with E-state index in [0.717, 1.165) is 11.1 Å². The van der Waals surface area contributed by atoms with Crippen molar-refractivity contribution in [3.8, 4) is 0 Å². The summed E-state index contributed by atoms with van der Waals surface area (Å²) in [5, 5.41) is 0. The molecule has 8 nitrogen and oxygen atoms in total. The number of H-pyrrole nitrogens is 2. The van der Waals surface area contributed by atoms with Gasteiger partial charge in [0.15, 0.2) is 0 Å². The maximum atomic E-state index is 13.5. The molecular weight excluding hydrogens is 396 g/mol. The normalized spacial score (nSPS) is 17.2. The summed E-state index contributed by atoms with van der Waals surface area (Å²) in [5.41, 5.74) is 2.31. The summed E-state index contributed by atoms with van der Waals surface area (Å²) in [5.74, 6) is -0.452. The Hall–Kier alpha value is -3.94. The van der Waals surface area contributed by atoms with Gasteiger partial charge in [0.2, 0.25) is 5.91 Å². The SMILES string of the molecule is O=C(C1Cc2ccccc2CN1C(=O)c1ccccc1)N1Cc2[nH]c(=O)[nH]c(=O)c2C1. The third kappa shape index (κ3) is 3.35. The molecule has 1 aromatic heterocycles. The van der Waals surface area contributed by atoms with Crippen LogP contribution in [0.1, 0.15) is 32.7 Å². The number of hydrogen-bond donors (Lipinski definition) is 2. The highest BCUT2D eigenvalue weighted by Gasteiger charge is 2.39. The number of hydrogen-bond acceptors (Lipinski definition) is 4. The average Bonchev–Trinajstić information content (AvgIpc) is 3.22. The minimum atomic E-state index is -0.692. The molecular formula is C23H20N4O4. The number of benzene rings is 2. The smallest absolute Gasteiger partial charge is 0.325 e. The number of rotatable bonds is 2. The molecule has 2 aliphatic heterocycles. The molecule has 2 N–H and O–H groups in total. The Bertz CT molecular complexity index is 1290. The maximum Gasteiger partial charge on any atom is 0.325 e. The van der Waals surface area contributed by atoms with Crippen molar-refractivity contribution < 1.29 is 9.59 Å². The molecule has 0 fully saturated rings. The number of nitrogens with one attached hydrogen (secondary N) is 2. The van der Waals surface area contributed by atoms with Gasteiger partial charge in [-0.1, -0.05) is 42.5 Å². The van der Waals surface area contributed by atoms with Gasteiger partial charge in [0.05, 0.1) is 18.7 Å². The molecule has 2 aromatic carbocycles. The maximum absolute atomic E-state index is 13.5. The van der Waals surface area contributed by atoms with Gasteiger partial charge in [-0.2, -0.15) is 0 Å². The van der Waals surface area contributed by atoms with Crippen molar-refractivity contribution in [1.29, 1.82) is 0 Å². The summed E-state index contributed by atoms with van der Waals surface area (Å²) in [6.07, 6.45) is 0.396. The zero-order valence-corrected chi connectivity index (χ0v) is 16.6. The summed E-state index contributed by atoms with van der Waals surface area (Å²) in [6.45, 7) is 0.573. The zero-order chi connectivity index (χ0) is 21.5. The number of amides is 2. The van der Waals surface area contributed by atoms with Crippen LogP contribution >= 0.6 is 0 Å². The van der Waals surface area contributed by atoms with Crippen molar-refractivity contribution in [2.24, 2.45) is 0 Å². The number of aromatic nitrogens is 2. The van der Waals surface area contributed by atoms with Crippen molar-refractivity contribution in [2.75, 3.05) is 0 Å². The highest BCUT2D eigenvalue weighted by Crippen LogP contribution is 2.28. The van der Waals surface area contributed by atoms with Crippen LogP contribution in [-0.4, -0.2) is 37.6 Å². The van der Waals surface area contributed by atoms with E-state index in [-0.39, 0.29) is 24.9 Å². The first kappa shape index (κ1) is 19.0. The Morgan fingerprint density at radius 1 is 0.839 bits per heavy atom. The number of aromatic amines is 2. The average molecular weight is 416 g/mol. The molecule has 1 atom stereocenters. The van der Waals surface area contributed by atoms with Gasteiger partial charge < -0.3 is 14.8 Å². The second kappa shape index (κ2) is 7.39. The van der Waals surface area contributed by atoms with Crippen molar-refractivity contribution in [1.82, 2.24) is 19.8 Å². The van der Waals surface area contributed by atoms with Crippen LogP contribution in [0, 0.1) is 0 Å². The summed E-state index contributed by atoms with van der Waals surface area (Å²) >= 11 is 0. The van der Waals surface area contributed by atoms with E-state index in [2.05, 4.69) is 9.97 Å². The Morgan fingerprint density at radius 3 is 2.32 bits per heavy atom. The van der Waals surface area contributed by atoms with Crippen LogP contribution in [0.25, 0.3) is 0 Å². The molecule has 31 heavy (non-hydrogen) atoms. The molecule has 0 bridgehead atoms. The molecule has 2 amide bonds. The quantitative estimate of drug-likeness (QED) is 0.654. The van der Waals surface area contributed by atoms with Crippen LogP contribution in [-0.2, 0) is 30.8 Å². The van der Waals surface area contributed by atoms with Crippen LogP contribution in [0.3, 0.4) is 0 Å². The third-order valence-corrected chi connectivity index (χ3v) is 5.95. The van der Waals surface area contributed by atoms with Crippen LogP contribution < -0.4 is 11.2 Å². The van der Waals surface area contributed by atoms with Crippen LogP contribution in [0.5, 0.6) is 0 Å². The molecule has 2 aliphatic rings. The van der Waals surface area contributed by atoms with Crippen molar-refractivity contribution in [3.05, 3.63) is 103 Å². The predicted octanol–water partition coefficient (Wildman–Crippen LogP) is 1.17. The second-order valence-corrected chi connectivity index (χ2v) is 7.85. The first-order chi connectivity index (χ1) is 15.0. The lowest BCUT2D eigenvalue weighted by atomic mass is 9.92. The molecule has 0 radical (unpaired) electrons. The zero-order valence-electron chi connectivity index (χ0n) is 16.6. The number of carbonyl (C=O) groups is 2. The van der Waals surface area contributed by atoms with E-state index in [9.17, 15) is 19.2 Å². The molecule has 3 heterocycles. The molecule has 0 aliphatic carbocycles. The van der Waals surface area contributed by atoms with Crippen LogP contribution in [0.2, 0.25) is 0 Å². The third-order valence-electron chi connectivity index (χ3n) is 5.95. The summed E-state index contributed by atoms with van der Waals surface area (Å²) < 4.78 is 0. The van der Waals surface area contributed by atoms with E-state index in [1.165, 1.54) is 4.90 Å². The van der Waals surface area contributed by atoms with Gasteiger partial charge in [-0.25, -0.2) is 4.79 Å². The van der Waals surface area contributed by atoms with E-state index >= 15 is 0 Å². The van der Waals surface area contributed by atoms with Gasteiger partial charge in [0, 0.05) is 24.2 Å². The molecule has 0 spiro atoms. The largest absolute Gasteiger partial charge is 0.330 e. The molecule has 0 saturated carbocycles. The van der Waals surface area contributed by atoms with E-state index in [1.54, 1.807) is 29.2 Å². The van der Waals surface area contributed by atoms with Gasteiger partial charge >= 0.3 is 5.69 Å². The molecule has 3 aromatic rings. The van der Waals surface area contributed by atoms with E-state index in [4.69, 9.17) is 0 Å². The highest BCUT2D eigenvalue weighted by atomic mass is 16.2. The fourth-order valence-corrected chi connectivity index (χ4v) is 4.37. The van der Waals surface area contributed by atoms with Crippen LogP contribution in [0.15, 0.2) is 64.2 Å². The monoisotopic (exact) mass is 416 g/mol. The molecule has 1 unspecified atom stereocenters. The summed E-state index contributed by atoms with van der Waals surface area (Å²) in [6, 6.07) is 16.0. The van der Waals surface area contributed by atoms with Gasteiger partial charge in [-0.05, 0) is 23.3 Å². The Labute approximate surface area is 177 Å². The number of fused-ring (bicyclic) bond motifs is 2. The van der Waals surface area contributed by atoms with E-state index in [0.29, 0.717) is 29.8 Å². The number of nitrogens with zero attached hydrogens (tertiary/aromatic N) is 2. The lowest BCUT2D eigenvalue weighted by Crippen LogP contribution is -2.52. The lowest BCUT2D eigenvalue weighted by Gasteiger charge is -2.37. The first-order valence-corrected chi connectivity index (χ1v) is 10.1. The van der Waals surface area contributed by atoms with Gasteiger partial charge in [-0.3, -0.25) is 19.4 Å². The van der Waals surface area contributed by atoms with E-state index in [1.807, 2.05) is 30.3 Å². The van der Waals surface area contributed by atoms with Gasteiger partial charge in [0.25, 0.3) is 11.5 Å². The Morgan fingerprint density at radius 2 is 1.55 bits per heavy atom. The van der Waals surface area contributed by atoms with E-state index < -0.39 is 17.3 Å². The number of carbonyl (C=O) groups excluding carboxylic acids is 2. The molecule has 0 saturated heterocycles. The Balaban J connectivity index is 1.48. The lowest BCUT2D eigenvalue weighted by molar-refractivity contribution is -0.137. The van der Waals surface area contributed by atoms with Crippen molar-refractivity contribution in [3.63, 3.8) is 0 Å². The molecule has 156 valence electrons. The van der Waals surface area contributed by atoms with Gasteiger partial charge in [0.1, 0.15) is 6.04 Å². The minimum absolute atomic E-state index is 0.103. The fourth-order valence-electron chi connectivity index (χ4n) is 4.37. The van der Waals surface area contributed by atoms with Gasteiger partial charge in [-0.15, -0.1) is 0 Å². The highest BCUT2D eigenvalue weighted by molar-refractivity contribution is 5.98. The minimum Gasteiger partial charge on any atom is -0.330 e. The van der Waals surface area contributed by atoms with Crippen molar-refractivity contribution in [2.45, 2.75) is 32.1 Å². The summed E-state index contributed by atoms with van der Waals surface area (Å²) in [7, 11) is 0.